The Balaban J connectivity index is 0.969. The number of nitrogens with zero attached hydrogens (tertiary/aromatic N) is 6. The molecule has 3 aliphatic rings. The third kappa shape index (κ3) is 11.2. The van der Waals surface area contributed by atoms with Crippen LogP contribution in [0.15, 0.2) is 60.8 Å². The van der Waals surface area contributed by atoms with Crippen molar-refractivity contribution in [1.29, 1.82) is 0 Å². The molecule has 2 saturated heterocycles. The second kappa shape index (κ2) is 20.0. The summed E-state index contributed by atoms with van der Waals surface area (Å²) in [6.45, 7) is 14.8. The zero-order valence-corrected chi connectivity index (χ0v) is 34.6. The van der Waals surface area contributed by atoms with Crippen molar-refractivity contribution >= 4 is 11.7 Å². The average Bonchev–Trinajstić information content (AvgIpc) is 3.58. The van der Waals surface area contributed by atoms with Crippen molar-refractivity contribution in [2.24, 2.45) is 13.0 Å². The van der Waals surface area contributed by atoms with E-state index < -0.39 is 5.82 Å². The normalized spacial score (nSPS) is 19.6. The molecule has 0 spiro atoms. The molecule has 310 valence electrons. The molecule has 3 fully saturated rings. The van der Waals surface area contributed by atoms with Gasteiger partial charge in [-0.05, 0) is 104 Å². The van der Waals surface area contributed by atoms with Crippen LogP contribution in [0.2, 0.25) is 0 Å². The number of piperazine rings is 1. The molecule has 1 aliphatic carbocycles. The van der Waals surface area contributed by atoms with Crippen molar-refractivity contribution in [3.63, 3.8) is 0 Å². The van der Waals surface area contributed by atoms with Gasteiger partial charge >= 0.3 is 0 Å². The molecule has 2 aromatic heterocycles. The maximum atomic E-state index is 14.5. The van der Waals surface area contributed by atoms with Gasteiger partial charge in [-0.2, -0.15) is 5.10 Å². The fraction of sp³-hybridized carbons (Fsp3) is 0.522. The maximum Gasteiger partial charge on any atom is 0.272 e. The number of benzene rings is 2. The van der Waals surface area contributed by atoms with Crippen molar-refractivity contribution < 1.29 is 23.5 Å². The second-order valence-electron chi connectivity index (χ2n) is 16.4. The van der Waals surface area contributed by atoms with Gasteiger partial charge in [0, 0.05) is 77.6 Å². The van der Waals surface area contributed by atoms with Crippen LogP contribution in [-0.2, 0) is 24.9 Å². The molecule has 0 unspecified atom stereocenters. The van der Waals surface area contributed by atoms with Crippen LogP contribution in [0.3, 0.4) is 0 Å². The zero-order chi connectivity index (χ0) is 40.4. The summed E-state index contributed by atoms with van der Waals surface area (Å²) in [5, 5.41) is 7.44. The average molecular weight is 794 g/mol. The molecule has 0 bridgehead atoms. The van der Waals surface area contributed by atoms with Gasteiger partial charge in [0.05, 0.1) is 25.0 Å². The van der Waals surface area contributed by atoms with E-state index in [-0.39, 0.29) is 35.6 Å². The van der Waals surface area contributed by atoms with E-state index in [2.05, 4.69) is 61.3 Å². The first-order valence-corrected chi connectivity index (χ1v) is 21.4. The van der Waals surface area contributed by atoms with Gasteiger partial charge in [-0.25, -0.2) is 9.37 Å². The molecule has 1 N–H and O–H groups in total. The summed E-state index contributed by atoms with van der Waals surface area (Å²) < 4.78 is 28.2. The molecule has 0 atom stereocenters. The van der Waals surface area contributed by atoms with Crippen molar-refractivity contribution in [3.8, 4) is 22.8 Å². The number of carbonyl (C=O) groups excluding carboxylic acids is 2. The topological polar surface area (TPSA) is 105 Å². The first-order chi connectivity index (χ1) is 28.2. The lowest BCUT2D eigenvalue weighted by Crippen LogP contribution is -2.46. The minimum absolute atomic E-state index is 0.117. The van der Waals surface area contributed by atoms with Gasteiger partial charge in [0.1, 0.15) is 17.3 Å². The summed E-state index contributed by atoms with van der Waals surface area (Å²) >= 11 is 0. The highest BCUT2D eigenvalue weighted by Crippen LogP contribution is 2.33. The molecule has 4 heterocycles. The number of hydrogen-bond acceptors (Lipinski definition) is 9. The second-order valence-corrected chi connectivity index (χ2v) is 16.4. The largest absolute Gasteiger partial charge is 0.438 e. The first-order valence-electron chi connectivity index (χ1n) is 21.4. The highest BCUT2D eigenvalue weighted by atomic mass is 19.1. The number of Topliss-reactive ketones (excluding diaryl/α,β-unsaturated/α-hetero) is 1. The molecule has 7 rings (SSSR count). The number of aryl methyl sites for hydroxylation is 2. The van der Waals surface area contributed by atoms with Crippen molar-refractivity contribution in [1.82, 2.24) is 34.8 Å². The van der Waals surface area contributed by atoms with Gasteiger partial charge in [0.15, 0.2) is 5.78 Å². The molecule has 11 nitrogen and oxygen atoms in total. The van der Waals surface area contributed by atoms with Crippen LogP contribution < -0.4 is 10.1 Å². The highest BCUT2D eigenvalue weighted by molar-refractivity contribution is 5.98. The Labute approximate surface area is 342 Å². The fourth-order valence-electron chi connectivity index (χ4n) is 8.66. The summed E-state index contributed by atoms with van der Waals surface area (Å²) in [6, 6.07) is 17.9. The van der Waals surface area contributed by atoms with Crippen LogP contribution in [0.5, 0.6) is 11.6 Å². The molecule has 12 heteroatoms. The number of aromatic nitrogens is 3. The standard InChI is InChI=1S/C46H60FN7O4/c1-4-17-52-18-20-53(21-19-52)31-35-13-16-41(37(27-35)32-54-22-24-57-25-23-54)36-8-6-9-40(28-36)58-46-42(29-38(47)30-48-46)44(55)10-5-7-34-11-14-39(15-12-34)49-45(56)43-26-33(2)51(3)50-43/h6,8-9,13,16,26-30,34,39H,4-5,7,10-12,14-15,17-25,31-32H2,1-3H3,(H,49,56)/t34-,39+. The SMILES string of the molecule is CCCN1CCN(Cc2ccc(-c3cccc(Oc4ncc(F)cc4C(=O)CCC[C@H]4CC[C@@H](NC(=O)c5cc(C)n(C)n5)CC4)c3)c(CN3CCOCC3)c2)CC1. The van der Waals surface area contributed by atoms with Crippen LogP contribution in [0.25, 0.3) is 11.1 Å². The number of hydrogen-bond donors (Lipinski definition) is 1. The molecular weight excluding hydrogens is 734 g/mol. The lowest BCUT2D eigenvalue weighted by Gasteiger charge is -2.34. The Kier molecular flexibility index (Phi) is 14.4. The Morgan fingerprint density at radius 3 is 2.41 bits per heavy atom. The van der Waals surface area contributed by atoms with Crippen LogP contribution in [0.4, 0.5) is 4.39 Å². The summed E-state index contributed by atoms with van der Waals surface area (Å²) in [6.07, 6.45) is 7.94. The fourth-order valence-corrected chi connectivity index (χ4v) is 8.66. The number of nitrogens with one attached hydrogen (secondary N) is 1. The smallest absolute Gasteiger partial charge is 0.272 e. The molecule has 2 aliphatic heterocycles. The predicted octanol–water partition coefficient (Wildman–Crippen LogP) is 7.42. The van der Waals surface area contributed by atoms with Crippen LogP contribution in [-0.4, -0.2) is 106 Å². The van der Waals surface area contributed by atoms with Gasteiger partial charge < -0.3 is 19.7 Å². The van der Waals surface area contributed by atoms with Crippen LogP contribution in [0, 0.1) is 18.7 Å². The van der Waals surface area contributed by atoms with Crippen LogP contribution >= 0.6 is 0 Å². The van der Waals surface area contributed by atoms with E-state index in [1.807, 2.05) is 32.2 Å². The molecule has 0 radical (unpaired) electrons. The summed E-state index contributed by atoms with van der Waals surface area (Å²) in [7, 11) is 1.83. The number of carbonyl (C=O) groups is 2. The highest BCUT2D eigenvalue weighted by Gasteiger charge is 2.25. The summed E-state index contributed by atoms with van der Waals surface area (Å²) in [5.41, 5.74) is 6.27. The number of halogens is 1. The summed E-state index contributed by atoms with van der Waals surface area (Å²) in [5.74, 6) is 0.257. The zero-order valence-electron chi connectivity index (χ0n) is 34.6. The van der Waals surface area contributed by atoms with Gasteiger partial charge in [0.2, 0.25) is 5.88 Å². The third-order valence-corrected chi connectivity index (χ3v) is 12.1. The Morgan fingerprint density at radius 1 is 0.914 bits per heavy atom. The van der Waals surface area contributed by atoms with Crippen molar-refractivity contribution in [3.05, 3.63) is 94.7 Å². The van der Waals surface area contributed by atoms with Gasteiger partial charge in [-0.1, -0.05) is 43.7 Å². The number of amides is 1. The van der Waals surface area contributed by atoms with Crippen LogP contribution in [0.1, 0.15) is 96.0 Å². The van der Waals surface area contributed by atoms with E-state index in [0.717, 1.165) is 121 Å². The molecule has 1 amide bonds. The quantitative estimate of drug-likeness (QED) is 0.116. The number of rotatable bonds is 16. The number of ether oxygens (including phenoxy) is 2. The minimum Gasteiger partial charge on any atom is -0.438 e. The molecule has 2 aromatic carbocycles. The van der Waals surface area contributed by atoms with E-state index in [0.29, 0.717) is 23.8 Å². The number of ketones is 1. The third-order valence-electron chi connectivity index (χ3n) is 12.1. The van der Waals surface area contributed by atoms with E-state index in [9.17, 15) is 14.0 Å². The molecule has 4 aromatic rings. The van der Waals surface area contributed by atoms with Gasteiger partial charge in [0.25, 0.3) is 5.91 Å². The molecule has 1 saturated carbocycles. The Hall–Kier alpha value is -4.49. The molecular formula is C46H60FN7O4. The Morgan fingerprint density at radius 2 is 1.67 bits per heavy atom. The minimum atomic E-state index is -0.568. The number of morpholine rings is 1. The monoisotopic (exact) mass is 793 g/mol. The summed E-state index contributed by atoms with van der Waals surface area (Å²) in [4.78, 5) is 38.1. The van der Waals surface area contributed by atoms with E-state index in [1.54, 1.807) is 10.7 Å². The lowest BCUT2D eigenvalue weighted by atomic mass is 9.83. The number of pyridine rings is 1. The first kappa shape index (κ1) is 41.7. The molecule has 58 heavy (non-hydrogen) atoms. The van der Waals surface area contributed by atoms with Crippen molar-refractivity contribution in [2.75, 3.05) is 59.0 Å². The maximum absolute atomic E-state index is 14.5. The van der Waals surface area contributed by atoms with Gasteiger partial charge in [-0.3, -0.25) is 24.1 Å². The predicted molar refractivity (Wildman–Crippen MR) is 224 cm³/mol. The van der Waals surface area contributed by atoms with E-state index in [4.69, 9.17) is 9.47 Å². The van der Waals surface area contributed by atoms with Crippen molar-refractivity contribution in [2.45, 2.75) is 84.3 Å². The van der Waals surface area contributed by atoms with E-state index in [1.165, 1.54) is 30.2 Å². The van der Waals surface area contributed by atoms with Gasteiger partial charge in [-0.15, -0.1) is 0 Å². The lowest BCUT2D eigenvalue weighted by molar-refractivity contribution is 0.0342. The Bertz CT molecular complexity index is 1980. The van der Waals surface area contributed by atoms with E-state index >= 15 is 0 Å².